The third-order valence-electron chi connectivity index (χ3n) is 3.77. The first kappa shape index (κ1) is 19.7. The van der Waals surface area contributed by atoms with Gasteiger partial charge >= 0.3 is 0 Å². The van der Waals surface area contributed by atoms with Gasteiger partial charge in [0.05, 0.1) is 13.7 Å². The first-order valence-corrected chi connectivity index (χ1v) is 8.91. The van der Waals surface area contributed by atoms with Crippen LogP contribution in [-0.2, 0) is 16.1 Å². The van der Waals surface area contributed by atoms with Crippen molar-refractivity contribution in [1.29, 1.82) is 0 Å². The van der Waals surface area contributed by atoms with Crippen molar-refractivity contribution in [2.24, 2.45) is 0 Å². The maximum absolute atomic E-state index is 12.2. The topological polar surface area (TPSA) is 69.7 Å². The second-order valence-electron chi connectivity index (χ2n) is 5.77. The summed E-state index contributed by atoms with van der Waals surface area (Å²) in [4.78, 5) is 16.4. The van der Waals surface area contributed by atoms with E-state index in [0.29, 0.717) is 16.5 Å². The molecular weight excluding hydrogens is 380 g/mol. The van der Waals surface area contributed by atoms with Gasteiger partial charge < -0.3 is 19.5 Å². The van der Waals surface area contributed by atoms with Crippen molar-refractivity contribution in [3.05, 3.63) is 77.4 Å². The number of hydrogen-bond donors (Lipinski definition) is 1. The molecule has 28 heavy (non-hydrogen) atoms. The van der Waals surface area contributed by atoms with Crippen LogP contribution in [0.15, 0.2) is 66.9 Å². The van der Waals surface area contributed by atoms with Crippen LogP contribution in [0.2, 0.25) is 5.02 Å². The number of carbonyl (C=O) groups excluding carboxylic acids is 1. The largest absolute Gasteiger partial charge is 0.497 e. The first-order valence-electron chi connectivity index (χ1n) is 8.53. The van der Waals surface area contributed by atoms with Gasteiger partial charge in [-0.15, -0.1) is 0 Å². The van der Waals surface area contributed by atoms with Crippen molar-refractivity contribution in [2.45, 2.75) is 6.61 Å². The van der Waals surface area contributed by atoms with E-state index in [1.165, 1.54) is 0 Å². The number of hydrogen-bond acceptors (Lipinski definition) is 5. The van der Waals surface area contributed by atoms with E-state index >= 15 is 0 Å². The maximum Gasteiger partial charge on any atom is 0.250 e. The standard InChI is InChI=1S/C21H19ClN2O4/c1-26-16-8-10-17(11-9-16)28-21-19(7-4-12-23-21)24-20(25)14-27-13-15-5-2-3-6-18(15)22/h2-12H,13-14H2,1H3,(H,24,25). The Kier molecular flexibility index (Phi) is 6.84. The number of anilines is 1. The van der Waals surface area contributed by atoms with Gasteiger partial charge in [0, 0.05) is 11.2 Å². The second-order valence-corrected chi connectivity index (χ2v) is 6.17. The lowest BCUT2D eigenvalue weighted by Crippen LogP contribution is -2.18. The molecular formula is C21H19ClN2O4. The Labute approximate surface area is 168 Å². The number of ether oxygens (including phenoxy) is 3. The lowest BCUT2D eigenvalue weighted by molar-refractivity contribution is -0.121. The number of rotatable bonds is 8. The van der Waals surface area contributed by atoms with Crippen molar-refractivity contribution in [1.82, 2.24) is 4.98 Å². The molecule has 0 radical (unpaired) electrons. The number of methoxy groups -OCH3 is 1. The average Bonchev–Trinajstić information content (AvgIpc) is 2.71. The number of nitrogens with one attached hydrogen (secondary N) is 1. The number of pyridine rings is 1. The van der Waals surface area contributed by atoms with Crippen LogP contribution in [0, 0.1) is 0 Å². The fourth-order valence-electron chi connectivity index (χ4n) is 2.38. The molecule has 144 valence electrons. The molecule has 3 aromatic rings. The fraction of sp³-hybridized carbons (Fsp3) is 0.143. The highest BCUT2D eigenvalue weighted by Crippen LogP contribution is 2.28. The van der Waals surface area contributed by atoms with Gasteiger partial charge in [-0.3, -0.25) is 4.79 Å². The summed E-state index contributed by atoms with van der Waals surface area (Å²) in [6.07, 6.45) is 1.59. The summed E-state index contributed by atoms with van der Waals surface area (Å²) >= 11 is 6.07. The van der Waals surface area contributed by atoms with E-state index in [-0.39, 0.29) is 25.0 Å². The summed E-state index contributed by atoms with van der Waals surface area (Å²) < 4.78 is 16.3. The molecule has 1 heterocycles. The molecule has 0 atom stereocenters. The molecule has 0 unspecified atom stereocenters. The molecule has 0 saturated heterocycles. The van der Waals surface area contributed by atoms with E-state index in [9.17, 15) is 4.79 Å². The lowest BCUT2D eigenvalue weighted by atomic mass is 10.2. The Morgan fingerprint density at radius 3 is 2.54 bits per heavy atom. The van der Waals surface area contributed by atoms with Crippen LogP contribution in [0.25, 0.3) is 0 Å². The van der Waals surface area contributed by atoms with E-state index in [1.54, 1.807) is 55.8 Å². The number of halogens is 1. The molecule has 0 aliphatic heterocycles. The van der Waals surface area contributed by atoms with Gasteiger partial charge in [-0.25, -0.2) is 4.98 Å². The monoisotopic (exact) mass is 398 g/mol. The second kappa shape index (κ2) is 9.73. The van der Waals surface area contributed by atoms with Gasteiger partial charge in [0.15, 0.2) is 0 Å². The number of amides is 1. The summed E-state index contributed by atoms with van der Waals surface area (Å²) in [5.41, 5.74) is 1.27. The number of carbonyl (C=O) groups is 1. The normalized spacial score (nSPS) is 10.4. The zero-order valence-electron chi connectivity index (χ0n) is 15.2. The van der Waals surface area contributed by atoms with E-state index in [0.717, 1.165) is 11.3 Å². The Balaban J connectivity index is 1.57. The van der Waals surface area contributed by atoms with Crippen molar-refractivity contribution in [3.8, 4) is 17.4 Å². The van der Waals surface area contributed by atoms with Gasteiger partial charge in [-0.1, -0.05) is 29.8 Å². The Morgan fingerprint density at radius 1 is 1.04 bits per heavy atom. The zero-order valence-corrected chi connectivity index (χ0v) is 16.0. The van der Waals surface area contributed by atoms with Gasteiger partial charge in [0.1, 0.15) is 23.8 Å². The van der Waals surface area contributed by atoms with E-state index in [4.69, 9.17) is 25.8 Å². The molecule has 2 aromatic carbocycles. The zero-order chi connectivity index (χ0) is 19.8. The number of benzene rings is 2. The number of nitrogens with zero attached hydrogens (tertiary/aromatic N) is 1. The summed E-state index contributed by atoms with van der Waals surface area (Å²) in [5, 5.41) is 3.35. The fourth-order valence-corrected chi connectivity index (χ4v) is 2.57. The van der Waals surface area contributed by atoms with Gasteiger partial charge in [0.2, 0.25) is 5.88 Å². The molecule has 0 aliphatic carbocycles. The van der Waals surface area contributed by atoms with Crippen LogP contribution in [-0.4, -0.2) is 24.6 Å². The van der Waals surface area contributed by atoms with Gasteiger partial charge in [0.25, 0.3) is 5.91 Å². The van der Waals surface area contributed by atoms with Crippen LogP contribution in [0.1, 0.15) is 5.56 Å². The molecule has 3 rings (SSSR count). The third kappa shape index (κ3) is 5.45. The molecule has 7 heteroatoms. The Hall–Kier alpha value is -3.09. The molecule has 0 bridgehead atoms. The molecule has 0 saturated carbocycles. The van der Waals surface area contributed by atoms with Gasteiger partial charge in [-0.2, -0.15) is 0 Å². The average molecular weight is 399 g/mol. The van der Waals surface area contributed by atoms with E-state index in [1.807, 2.05) is 18.2 Å². The first-order chi connectivity index (χ1) is 13.7. The Morgan fingerprint density at radius 2 is 1.79 bits per heavy atom. The minimum absolute atomic E-state index is 0.123. The minimum Gasteiger partial charge on any atom is -0.497 e. The number of aromatic nitrogens is 1. The summed E-state index contributed by atoms with van der Waals surface area (Å²) in [7, 11) is 1.59. The van der Waals surface area contributed by atoms with Crippen molar-refractivity contribution in [3.63, 3.8) is 0 Å². The highest BCUT2D eigenvalue weighted by molar-refractivity contribution is 6.31. The molecule has 1 amide bonds. The van der Waals surface area contributed by atoms with Crippen LogP contribution in [0.3, 0.4) is 0 Å². The highest BCUT2D eigenvalue weighted by atomic mass is 35.5. The van der Waals surface area contributed by atoms with Gasteiger partial charge in [-0.05, 0) is 48.0 Å². The van der Waals surface area contributed by atoms with Crippen molar-refractivity contribution < 1.29 is 19.0 Å². The lowest BCUT2D eigenvalue weighted by Gasteiger charge is -2.12. The van der Waals surface area contributed by atoms with E-state index in [2.05, 4.69) is 10.3 Å². The molecule has 0 spiro atoms. The molecule has 0 aliphatic rings. The Bertz CT molecular complexity index is 932. The predicted molar refractivity (Wildman–Crippen MR) is 107 cm³/mol. The molecule has 6 nitrogen and oxygen atoms in total. The smallest absolute Gasteiger partial charge is 0.250 e. The minimum atomic E-state index is -0.320. The summed E-state index contributed by atoms with van der Waals surface area (Å²) in [6, 6.07) is 17.8. The molecule has 1 N–H and O–H groups in total. The SMILES string of the molecule is COc1ccc(Oc2ncccc2NC(=O)COCc2ccccc2Cl)cc1. The molecule has 0 fully saturated rings. The molecule has 1 aromatic heterocycles. The van der Waals surface area contributed by atoms with Crippen LogP contribution in [0.5, 0.6) is 17.4 Å². The van der Waals surface area contributed by atoms with Crippen molar-refractivity contribution in [2.75, 3.05) is 19.0 Å². The predicted octanol–water partition coefficient (Wildman–Crippen LogP) is 4.69. The third-order valence-corrected chi connectivity index (χ3v) is 4.14. The quantitative estimate of drug-likeness (QED) is 0.596. The van der Waals surface area contributed by atoms with Crippen LogP contribution >= 0.6 is 11.6 Å². The van der Waals surface area contributed by atoms with Crippen LogP contribution < -0.4 is 14.8 Å². The summed E-state index contributed by atoms with van der Waals surface area (Å²) in [6.45, 7) is 0.122. The van der Waals surface area contributed by atoms with E-state index < -0.39 is 0 Å². The van der Waals surface area contributed by atoms with Crippen LogP contribution in [0.4, 0.5) is 5.69 Å². The highest BCUT2D eigenvalue weighted by Gasteiger charge is 2.11. The summed E-state index contributed by atoms with van der Waals surface area (Å²) in [5.74, 6) is 1.26. The van der Waals surface area contributed by atoms with Crippen molar-refractivity contribution >= 4 is 23.2 Å². The maximum atomic E-state index is 12.2.